The number of carbonyl (C=O) groups excluding carboxylic acids is 1. The molecule has 0 heterocycles. The highest BCUT2D eigenvalue weighted by molar-refractivity contribution is 5.77. The molecule has 0 fully saturated rings. The maximum Gasteiger partial charge on any atom is 0.221 e. The summed E-state index contributed by atoms with van der Waals surface area (Å²) in [5, 5.41) is 0. The smallest absolute Gasteiger partial charge is 0.221 e. The average Bonchev–Trinajstić information content (AvgIpc) is 2.34. The van der Waals surface area contributed by atoms with Gasteiger partial charge in [0.05, 0.1) is 0 Å². The van der Waals surface area contributed by atoms with E-state index in [0.717, 1.165) is 5.56 Å². The number of carbonyl (C=O) groups is 1. The topological polar surface area (TPSA) is 43.1 Å². The van der Waals surface area contributed by atoms with E-state index in [9.17, 15) is 4.79 Å². The lowest BCUT2D eigenvalue weighted by atomic mass is 9.95. The van der Waals surface area contributed by atoms with E-state index in [1.54, 1.807) is 0 Å². The fourth-order valence-electron chi connectivity index (χ4n) is 1.63. The van der Waals surface area contributed by atoms with Crippen LogP contribution in [0.5, 0.6) is 0 Å². The van der Waals surface area contributed by atoms with Crippen LogP contribution >= 0.6 is 0 Å². The molecule has 1 aromatic carbocycles. The van der Waals surface area contributed by atoms with Crippen LogP contribution < -0.4 is 5.73 Å². The molecule has 0 saturated heterocycles. The second-order valence-corrected chi connectivity index (χ2v) is 3.98. The van der Waals surface area contributed by atoms with Crippen LogP contribution in [0.3, 0.4) is 0 Å². The van der Waals surface area contributed by atoms with Gasteiger partial charge in [-0.15, -0.1) is 0 Å². The number of primary amides is 1. The van der Waals surface area contributed by atoms with Crippen molar-refractivity contribution in [1.82, 2.24) is 0 Å². The lowest BCUT2D eigenvalue weighted by molar-refractivity contribution is -0.121. The van der Waals surface area contributed by atoms with E-state index >= 15 is 0 Å². The highest BCUT2D eigenvalue weighted by Crippen LogP contribution is 2.12. The molecule has 1 rings (SSSR count). The third-order valence-electron chi connectivity index (χ3n) is 2.59. The highest BCUT2D eigenvalue weighted by Gasteiger charge is 2.13. The molecule has 0 unspecified atom stereocenters. The molecule has 0 spiro atoms. The molecule has 2 N–H and O–H groups in total. The standard InChI is InChI=1S/C15H19NO/c1-2-3-4-8-11-14(15(16)17)12-13-9-6-5-7-10-13/h2-10,14H,11-12H2,1H3,(H2,16,17)/b3-2+,8-4+/t14-/m1/s1. The van der Waals surface area contributed by atoms with Gasteiger partial charge in [0, 0.05) is 5.92 Å². The predicted octanol–water partition coefficient (Wildman–Crippen LogP) is 2.85. The van der Waals surface area contributed by atoms with Crippen LogP contribution in [-0.2, 0) is 11.2 Å². The number of benzene rings is 1. The Labute approximate surface area is 103 Å². The van der Waals surface area contributed by atoms with E-state index < -0.39 is 0 Å². The van der Waals surface area contributed by atoms with Gasteiger partial charge in [-0.05, 0) is 25.3 Å². The molecule has 1 atom stereocenters. The number of hydrogen-bond donors (Lipinski definition) is 1. The van der Waals surface area contributed by atoms with Crippen LogP contribution in [0, 0.1) is 5.92 Å². The molecular formula is C15H19NO. The number of allylic oxidation sites excluding steroid dienone is 4. The molecule has 0 aromatic heterocycles. The predicted molar refractivity (Wildman–Crippen MR) is 71.4 cm³/mol. The van der Waals surface area contributed by atoms with Crippen LogP contribution in [0.2, 0.25) is 0 Å². The lowest BCUT2D eigenvalue weighted by Crippen LogP contribution is -2.24. The third-order valence-corrected chi connectivity index (χ3v) is 2.59. The van der Waals surface area contributed by atoms with Crippen molar-refractivity contribution in [3.63, 3.8) is 0 Å². The molecule has 0 aliphatic carbocycles. The second-order valence-electron chi connectivity index (χ2n) is 3.98. The largest absolute Gasteiger partial charge is 0.369 e. The molecule has 0 aliphatic rings. The van der Waals surface area contributed by atoms with Crippen LogP contribution in [0.15, 0.2) is 54.6 Å². The van der Waals surface area contributed by atoms with Crippen molar-refractivity contribution in [2.45, 2.75) is 19.8 Å². The zero-order valence-corrected chi connectivity index (χ0v) is 10.2. The van der Waals surface area contributed by atoms with E-state index in [1.807, 2.05) is 61.6 Å². The first-order chi connectivity index (χ1) is 8.24. The van der Waals surface area contributed by atoms with E-state index in [4.69, 9.17) is 5.73 Å². The van der Waals surface area contributed by atoms with Crippen LogP contribution in [0.25, 0.3) is 0 Å². The van der Waals surface area contributed by atoms with E-state index in [1.165, 1.54) is 0 Å². The minimum absolute atomic E-state index is 0.126. The zero-order chi connectivity index (χ0) is 12.5. The summed E-state index contributed by atoms with van der Waals surface area (Å²) in [5.41, 5.74) is 6.56. The van der Waals surface area contributed by atoms with E-state index in [-0.39, 0.29) is 11.8 Å². The van der Waals surface area contributed by atoms with Gasteiger partial charge in [0.25, 0.3) is 0 Å². The van der Waals surface area contributed by atoms with Gasteiger partial charge in [0.15, 0.2) is 0 Å². The van der Waals surface area contributed by atoms with Gasteiger partial charge >= 0.3 is 0 Å². The molecule has 0 saturated carbocycles. The Morgan fingerprint density at radius 3 is 2.59 bits per heavy atom. The monoisotopic (exact) mass is 229 g/mol. The molecule has 0 bridgehead atoms. The van der Waals surface area contributed by atoms with Gasteiger partial charge in [0.2, 0.25) is 5.91 Å². The number of rotatable bonds is 6. The van der Waals surface area contributed by atoms with Crippen LogP contribution in [0.4, 0.5) is 0 Å². The summed E-state index contributed by atoms with van der Waals surface area (Å²) in [6.07, 6.45) is 9.22. The second kappa shape index (κ2) is 7.44. The summed E-state index contributed by atoms with van der Waals surface area (Å²) in [6.45, 7) is 1.96. The number of amides is 1. The Bertz CT molecular complexity index is 393. The number of hydrogen-bond acceptors (Lipinski definition) is 1. The molecule has 0 radical (unpaired) electrons. The molecule has 1 amide bonds. The van der Waals surface area contributed by atoms with Crippen molar-refractivity contribution >= 4 is 5.91 Å². The first-order valence-corrected chi connectivity index (χ1v) is 5.85. The lowest BCUT2D eigenvalue weighted by Gasteiger charge is -2.10. The summed E-state index contributed by atoms with van der Waals surface area (Å²) in [6, 6.07) is 9.96. The molecular weight excluding hydrogens is 210 g/mol. The van der Waals surface area contributed by atoms with Gasteiger partial charge in [-0.1, -0.05) is 54.6 Å². The maximum atomic E-state index is 11.3. The van der Waals surface area contributed by atoms with Crippen LogP contribution in [-0.4, -0.2) is 5.91 Å². The fraction of sp³-hybridized carbons (Fsp3) is 0.267. The minimum Gasteiger partial charge on any atom is -0.369 e. The highest BCUT2D eigenvalue weighted by atomic mass is 16.1. The van der Waals surface area contributed by atoms with Crippen molar-refractivity contribution in [1.29, 1.82) is 0 Å². The van der Waals surface area contributed by atoms with Crippen molar-refractivity contribution < 1.29 is 4.79 Å². The molecule has 2 nitrogen and oxygen atoms in total. The normalized spacial score (nSPS) is 13.2. The molecule has 90 valence electrons. The fourth-order valence-corrected chi connectivity index (χ4v) is 1.63. The van der Waals surface area contributed by atoms with E-state index in [0.29, 0.717) is 12.8 Å². The van der Waals surface area contributed by atoms with Gasteiger partial charge in [0.1, 0.15) is 0 Å². The maximum absolute atomic E-state index is 11.3. The number of nitrogens with two attached hydrogens (primary N) is 1. The summed E-state index contributed by atoms with van der Waals surface area (Å²) in [4.78, 5) is 11.3. The van der Waals surface area contributed by atoms with Crippen molar-refractivity contribution in [2.75, 3.05) is 0 Å². The Balaban J connectivity index is 2.58. The van der Waals surface area contributed by atoms with Crippen molar-refractivity contribution in [3.8, 4) is 0 Å². The summed E-state index contributed by atoms with van der Waals surface area (Å²) < 4.78 is 0. The molecule has 0 aliphatic heterocycles. The van der Waals surface area contributed by atoms with Crippen molar-refractivity contribution in [3.05, 3.63) is 60.2 Å². The Hall–Kier alpha value is -1.83. The first-order valence-electron chi connectivity index (χ1n) is 5.85. The molecule has 1 aromatic rings. The Morgan fingerprint density at radius 2 is 2.00 bits per heavy atom. The Kier molecular flexibility index (Phi) is 5.80. The SMILES string of the molecule is C/C=C/C=C/C[C@H](Cc1ccccc1)C(N)=O. The van der Waals surface area contributed by atoms with Gasteiger partial charge in [-0.3, -0.25) is 4.79 Å². The minimum atomic E-state index is -0.237. The van der Waals surface area contributed by atoms with Crippen molar-refractivity contribution in [2.24, 2.45) is 11.7 Å². The average molecular weight is 229 g/mol. The third kappa shape index (κ3) is 5.16. The van der Waals surface area contributed by atoms with E-state index in [2.05, 4.69) is 0 Å². The summed E-state index contributed by atoms with van der Waals surface area (Å²) in [5.74, 6) is -0.363. The first kappa shape index (κ1) is 13.2. The zero-order valence-electron chi connectivity index (χ0n) is 10.2. The van der Waals surface area contributed by atoms with Gasteiger partial charge < -0.3 is 5.73 Å². The summed E-state index contributed by atoms with van der Waals surface area (Å²) >= 11 is 0. The van der Waals surface area contributed by atoms with Crippen LogP contribution in [0.1, 0.15) is 18.9 Å². The summed E-state index contributed by atoms with van der Waals surface area (Å²) in [7, 11) is 0. The Morgan fingerprint density at radius 1 is 1.29 bits per heavy atom. The van der Waals surface area contributed by atoms with Gasteiger partial charge in [-0.2, -0.15) is 0 Å². The molecule has 17 heavy (non-hydrogen) atoms. The molecule has 2 heteroatoms. The quantitative estimate of drug-likeness (QED) is 0.749. The van der Waals surface area contributed by atoms with Gasteiger partial charge in [-0.25, -0.2) is 0 Å².